The van der Waals surface area contributed by atoms with Crippen molar-refractivity contribution >= 4 is 17.6 Å². The number of aryl methyl sites for hydroxylation is 1. The molecule has 1 fully saturated rings. The Balaban J connectivity index is 0.000000479. The minimum atomic E-state index is -5.08. The number of hydrogen-bond acceptors (Lipinski definition) is 4. The van der Waals surface area contributed by atoms with E-state index in [0.717, 1.165) is 51.1 Å². The van der Waals surface area contributed by atoms with E-state index in [0.29, 0.717) is 12.3 Å². The van der Waals surface area contributed by atoms with Crippen LogP contribution in [-0.2, 0) is 22.6 Å². The summed E-state index contributed by atoms with van der Waals surface area (Å²) in [5, 5.41) is 7.12. The van der Waals surface area contributed by atoms with E-state index >= 15 is 0 Å². The van der Waals surface area contributed by atoms with Crippen molar-refractivity contribution in [2.45, 2.75) is 64.2 Å². The van der Waals surface area contributed by atoms with Crippen LogP contribution in [0.2, 0.25) is 0 Å². The lowest BCUT2D eigenvalue weighted by atomic mass is 9.87. The zero-order valence-electron chi connectivity index (χ0n) is 21.2. The van der Waals surface area contributed by atoms with Gasteiger partial charge in [0.15, 0.2) is 0 Å². The molecule has 202 valence electrons. The molecule has 2 aromatic rings. The van der Waals surface area contributed by atoms with E-state index in [9.17, 15) is 18.0 Å². The minimum Gasteiger partial charge on any atom is -0.475 e. The van der Waals surface area contributed by atoms with Gasteiger partial charge in [0.05, 0.1) is 0 Å². The zero-order chi connectivity index (χ0) is 27.0. The number of alkyl halides is 3. The third-order valence-corrected chi connectivity index (χ3v) is 7.04. The standard InChI is InChI=1S/C26H35N3O.C2HF3O2/c1-2-26(30)29(23-8-4-3-5-9-23)19-20-13-15-28(16-14-20)18-21-11-12-24-22(17-21)7-6-10-25(24)27;3-2(4,5)1(6)7/h3-5,8-9,11-12,17,20,25H,2,6-7,10,13-16,18-19,27H2,1H3;(H,6,7)/t25-;/m1./s1. The fourth-order valence-corrected chi connectivity index (χ4v) is 5.00. The average molecular weight is 520 g/mol. The SMILES string of the molecule is CCC(=O)N(CC1CCN(Cc2ccc3c(c2)CCC[C@H]3N)CC1)c1ccccc1.O=C(O)C(F)(F)F. The Morgan fingerprint density at radius 3 is 2.32 bits per heavy atom. The number of carbonyl (C=O) groups excluding carboxylic acids is 1. The number of rotatable bonds is 6. The second kappa shape index (κ2) is 13.1. The van der Waals surface area contributed by atoms with Gasteiger partial charge < -0.3 is 15.7 Å². The molecule has 1 saturated heterocycles. The van der Waals surface area contributed by atoms with Crippen molar-refractivity contribution in [3.05, 3.63) is 65.2 Å². The van der Waals surface area contributed by atoms with E-state index in [2.05, 4.69) is 23.1 Å². The third kappa shape index (κ3) is 8.30. The number of hydrogen-bond donors (Lipinski definition) is 2. The number of piperidine rings is 1. The predicted octanol–water partition coefficient (Wildman–Crippen LogP) is 5.31. The molecule has 0 unspecified atom stereocenters. The van der Waals surface area contributed by atoms with Crippen molar-refractivity contribution < 1.29 is 27.9 Å². The van der Waals surface area contributed by atoms with Crippen molar-refractivity contribution in [1.82, 2.24) is 4.90 Å². The first-order valence-electron chi connectivity index (χ1n) is 12.8. The van der Waals surface area contributed by atoms with E-state index in [1.807, 2.05) is 42.2 Å². The Hall–Kier alpha value is -2.91. The highest BCUT2D eigenvalue weighted by atomic mass is 19.4. The molecular formula is C28H36F3N3O3. The first-order valence-corrected chi connectivity index (χ1v) is 12.8. The number of benzene rings is 2. The van der Waals surface area contributed by atoms with Gasteiger partial charge in [-0.25, -0.2) is 4.79 Å². The maximum Gasteiger partial charge on any atom is 0.490 e. The number of likely N-dealkylation sites (tertiary alicyclic amines) is 1. The smallest absolute Gasteiger partial charge is 0.475 e. The van der Waals surface area contributed by atoms with Crippen molar-refractivity contribution in [3.8, 4) is 0 Å². The Labute approximate surface area is 216 Å². The Morgan fingerprint density at radius 2 is 1.73 bits per heavy atom. The summed E-state index contributed by atoms with van der Waals surface area (Å²) < 4.78 is 31.7. The third-order valence-electron chi connectivity index (χ3n) is 7.04. The molecule has 4 rings (SSSR count). The topological polar surface area (TPSA) is 86.9 Å². The van der Waals surface area contributed by atoms with E-state index in [-0.39, 0.29) is 11.9 Å². The second-order valence-corrected chi connectivity index (χ2v) is 9.75. The molecule has 1 amide bonds. The number of para-hydroxylation sites is 1. The van der Waals surface area contributed by atoms with Crippen LogP contribution in [0.5, 0.6) is 0 Å². The fourth-order valence-electron chi connectivity index (χ4n) is 5.00. The van der Waals surface area contributed by atoms with Crippen LogP contribution in [-0.4, -0.2) is 47.7 Å². The van der Waals surface area contributed by atoms with Crippen LogP contribution in [0.25, 0.3) is 0 Å². The number of halogens is 3. The maximum atomic E-state index is 12.5. The summed E-state index contributed by atoms with van der Waals surface area (Å²) in [6, 6.07) is 17.3. The number of carboxylic acids is 1. The number of carboxylic acid groups (broad SMARTS) is 1. The zero-order valence-corrected chi connectivity index (χ0v) is 21.2. The molecule has 37 heavy (non-hydrogen) atoms. The highest BCUT2D eigenvalue weighted by Gasteiger charge is 2.38. The van der Waals surface area contributed by atoms with Crippen LogP contribution in [0.1, 0.15) is 61.8 Å². The highest BCUT2D eigenvalue weighted by molar-refractivity contribution is 5.93. The van der Waals surface area contributed by atoms with E-state index in [1.165, 1.54) is 29.5 Å². The predicted molar refractivity (Wildman–Crippen MR) is 137 cm³/mol. The summed E-state index contributed by atoms with van der Waals surface area (Å²) in [4.78, 5) is 26.0. The fraction of sp³-hybridized carbons (Fsp3) is 0.500. The van der Waals surface area contributed by atoms with Crippen LogP contribution in [0, 0.1) is 5.92 Å². The number of carbonyl (C=O) groups is 2. The summed E-state index contributed by atoms with van der Waals surface area (Å²) in [6.07, 6.45) is 1.25. The average Bonchev–Trinajstić information content (AvgIpc) is 2.88. The van der Waals surface area contributed by atoms with E-state index in [4.69, 9.17) is 15.6 Å². The summed E-state index contributed by atoms with van der Waals surface area (Å²) in [7, 11) is 0. The maximum absolute atomic E-state index is 12.5. The van der Waals surface area contributed by atoms with E-state index in [1.54, 1.807) is 0 Å². The number of aliphatic carboxylic acids is 1. The van der Waals surface area contributed by atoms with Gasteiger partial charge >= 0.3 is 12.1 Å². The first-order chi connectivity index (χ1) is 17.6. The molecule has 6 nitrogen and oxygen atoms in total. The molecule has 0 bridgehead atoms. The van der Waals surface area contributed by atoms with Crippen LogP contribution < -0.4 is 10.6 Å². The van der Waals surface area contributed by atoms with Gasteiger partial charge in [-0.05, 0) is 79.9 Å². The van der Waals surface area contributed by atoms with Gasteiger partial charge in [-0.2, -0.15) is 13.2 Å². The summed E-state index contributed by atoms with van der Waals surface area (Å²) >= 11 is 0. The van der Waals surface area contributed by atoms with Crippen molar-refractivity contribution in [2.24, 2.45) is 11.7 Å². The van der Waals surface area contributed by atoms with Crippen LogP contribution in [0.15, 0.2) is 48.5 Å². The monoisotopic (exact) mass is 519 g/mol. The molecule has 2 aromatic carbocycles. The van der Waals surface area contributed by atoms with E-state index < -0.39 is 12.1 Å². The highest BCUT2D eigenvalue weighted by Crippen LogP contribution is 2.29. The Morgan fingerprint density at radius 1 is 1.08 bits per heavy atom. The molecule has 2 aliphatic rings. The second-order valence-electron chi connectivity index (χ2n) is 9.75. The molecule has 1 heterocycles. The van der Waals surface area contributed by atoms with Gasteiger partial charge in [-0.1, -0.05) is 43.3 Å². The molecular weight excluding hydrogens is 483 g/mol. The summed E-state index contributed by atoms with van der Waals surface area (Å²) in [5.74, 6) is -1.97. The molecule has 1 aliphatic carbocycles. The molecule has 0 saturated carbocycles. The van der Waals surface area contributed by atoms with Gasteiger partial charge in [-0.3, -0.25) is 9.69 Å². The number of nitrogens with zero attached hydrogens (tertiary/aromatic N) is 2. The lowest BCUT2D eigenvalue weighted by molar-refractivity contribution is -0.192. The molecule has 0 spiro atoms. The van der Waals surface area contributed by atoms with Crippen LogP contribution in [0.4, 0.5) is 18.9 Å². The van der Waals surface area contributed by atoms with Gasteiger partial charge in [-0.15, -0.1) is 0 Å². The van der Waals surface area contributed by atoms with Gasteiger partial charge in [0.25, 0.3) is 0 Å². The van der Waals surface area contributed by atoms with Crippen molar-refractivity contribution in [1.29, 1.82) is 0 Å². The van der Waals surface area contributed by atoms with Gasteiger partial charge in [0, 0.05) is 31.2 Å². The Bertz CT molecular complexity index is 1040. The lowest BCUT2D eigenvalue weighted by Crippen LogP contribution is -2.40. The molecule has 3 N–H and O–H groups in total. The quantitative estimate of drug-likeness (QED) is 0.540. The number of amides is 1. The number of fused-ring (bicyclic) bond motifs is 1. The molecule has 0 aromatic heterocycles. The summed E-state index contributed by atoms with van der Waals surface area (Å²) in [5.41, 5.74) is 11.5. The van der Waals surface area contributed by atoms with Crippen molar-refractivity contribution in [3.63, 3.8) is 0 Å². The Kier molecular flexibility index (Phi) is 10.1. The normalized spacial score (nSPS) is 18.4. The first kappa shape index (κ1) is 28.7. The van der Waals surface area contributed by atoms with Gasteiger partial charge in [0.2, 0.25) is 5.91 Å². The largest absolute Gasteiger partial charge is 0.490 e. The van der Waals surface area contributed by atoms with Crippen LogP contribution >= 0.6 is 0 Å². The molecule has 1 atom stereocenters. The molecule has 1 aliphatic heterocycles. The van der Waals surface area contributed by atoms with Gasteiger partial charge in [0.1, 0.15) is 0 Å². The number of nitrogens with two attached hydrogens (primary N) is 1. The molecule has 0 radical (unpaired) electrons. The summed E-state index contributed by atoms with van der Waals surface area (Å²) in [6.45, 7) is 6.01. The number of anilines is 1. The molecule has 9 heteroatoms. The lowest BCUT2D eigenvalue weighted by Gasteiger charge is -2.35. The van der Waals surface area contributed by atoms with Crippen LogP contribution in [0.3, 0.4) is 0 Å². The minimum absolute atomic E-state index is 0.218. The van der Waals surface area contributed by atoms with Crippen molar-refractivity contribution in [2.75, 3.05) is 24.5 Å².